The molecule has 0 aliphatic rings. The minimum absolute atomic E-state index is 0.106. The Labute approximate surface area is 135 Å². The second kappa shape index (κ2) is 14.1. The molecule has 20 heavy (non-hydrogen) atoms. The van der Waals surface area contributed by atoms with E-state index in [4.69, 9.17) is 24.3 Å². The molecule has 0 unspecified atom stereocenters. The maximum atomic E-state index is 8.29. The van der Waals surface area contributed by atoms with Crippen molar-refractivity contribution in [2.75, 3.05) is 7.05 Å². The molecule has 0 atom stereocenters. The van der Waals surface area contributed by atoms with Crippen LogP contribution in [0, 0.1) is 17.4 Å². The number of nitrogens with zero attached hydrogens (tertiary/aromatic N) is 2. The molecule has 106 valence electrons. The monoisotopic (exact) mass is 397 g/mol. The van der Waals surface area contributed by atoms with Crippen molar-refractivity contribution in [3.8, 4) is 12.1 Å². The van der Waals surface area contributed by atoms with Crippen molar-refractivity contribution in [3.63, 3.8) is 0 Å². The van der Waals surface area contributed by atoms with E-state index in [1.54, 1.807) is 19.2 Å². The first kappa shape index (κ1) is 18.7. The van der Waals surface area contributed by atoms with Crippen LogP contribution in [0.5, 0.6) is 0 Å². The topological polar surface area (TPSA) is 28.1 Å². The molecule has 0 saturated heterocycles. The Morgan fingerprint density at radius 2 is 1.30 bits per heavy atom. The summed E-state index contributed by atoms with van der Waals surface area (Å²) >= 11 is -0.106. The first-order chi connectivity index (χ1) is 9.78. The molecule has 0 fully saturated rings. The van der Waals surface area contributed by atoms with Gasteiger partial charge in [-0.05, 0) is 24.3 Å². The van der Waals surface area contributed by atoms with E-state index in [2.05, 4.69) is 10.9 Å². The van der Waals surface area contributed by atoms with Crippen LogP contribution in [0.3, 0.4) is 0 Å². The summed E-state index contributed by atoms with van der Waals surface area (Å²) in [5.74, 6) is 0. The van der Waals surface area contributed by atoms with Gasteiger partial charge in [-0.25, -0.2) is 0 Å². The fraction of sp³-hybridized carbons (Fsp3) is 0.0667. The average molecular weight is 399 g/mol. The van der Waals surface area contributed by atoms with Crippen molar-refractivity contribution in [2.45, 2.75) is 0 Å². The molecular formula is C15H13Cl2N2Pd+. The fourth-order valence-corrected chi connectivity index (χ4v) is 1.15. The molecule has 0 heterocycles. The summed E-state index contributed by atoms with van der Waals surface area (Å²) < 4.78 is 0. The number of halogens is 2. The molecule has 5 heteroatoms. The van der Waals surface area contributed by atoms with Gasteiger partial charge < -0.3 is 0 Å². The second-order valence-corrected chi connectivity index (χ2v) is 5.58. The first-order valence-electron chi connectivity index (χ1n) is 5.45. The summed E-state index contributed by atoms with van der Waals surface area (Å²) in [6.07, 6.45) is 0. The molecular weight excluding hydrogens is 386 g/mol. The van der Waals surface area contributed by atoms with Gasteiger partial charge >= 0.3 is 41.1 Å². The number of hydrogen-bond acceptors (Lipinski definition) is 1. The molecule has 0 bridgehead atoms. The molecule has 2 nitrogen and oxygen atoms in total. The van der Waals surface area contributed by atoms with Crippen LogP contribution in [0.2, 0.25) is 0 Å². The van der Waals surface area contributed by atoms with E-state index < -0.39 is 0 Å². The molecule has 0 amide bonds. The van der Waals surface area contributed by atoms with Gasteiger partial charge in [0, 0.05) is 0 Å². The van der Waals surface area contributed by atoms with Gasteiger partial charge in [0.25, 0.3) is 7.05 Å². The molecule has 0 aliphatic heterocycles. The van der Waals surface area contributed by atoms with E-state index in [-0.39, 0.29) is 15.9 Å². The number of nitriles is 1. The predicted molar refractivity (Wildman–Crippen MR) is 81.6 cm³/mol. The van der Waals surface area contributed by atoms with E-state index in [0.717, 1.165) is 5.56 Å². The van der Waals surface area contributed by atoms with Crippen molar-refractivity contribution < 1.29 is 15.9 Å². The fourth-order valence-electron chi connectivity index (χ4n) is 1.15. The minimum atomic E-state index is -0.106. The van der Waals surface area contributed by atoms with E-state index in [1.165, 1.54) is 0 Å². The molecule has 2 rings (SSSR count). The Balaban J connectivity index is 0.000000304. The standard InChI is InChI=1S/C8H8N.C7H5N.2ClH.Pd/c1-9-7-8-5-3-2-4-6-8;8-6-7-4-2-1-3-5-7;;;/h2-6H,1H3;1-5H;2*1H;/q+1;;;;+2/p-2. The Morgan fingerprint density at radius 3 is 1.60 bits per heavy atom. The van der Waals surface area contributed by atoms with Crippen molar-refractivity contribution in [2.24, 2.45) is 0 Å². The van der Waals surface area contributed by atoms with Crippen LogP contribution in [0.25, 0.3) is 4.85 Å². The zero-order valence-electron chi connectivity index (χ0n) is 10.7. The molecule has 2 aromatic rings. The van der Waals surface area contributed by atoms with Gasteiger partial charge in [0.2, 0.25) is 0 Å². The summed E-state index contributed by atoms with van der Waals surface area (Å²) in [5, 5.41) is 8.29. The Bertz CT molecular complexity index is 557. The van der Waals surface area contributed by atoms with Crippen LogP contribution in [-0.2, 0) is 15.9 Å². The third kappa shape index (κ3) is 10.6. The van der Waals surface area contributed by atoms with E-state index in [0.29, 0.717) is 5.56 Å². The van der Waals surface area contributed by atoms with Crippen molar-refractivity contribution in [1.82, 2.24) is 0 Å². The molecule has 0 saturated carbocycles. The van der Waals surface area contributed by atoms with Gasteiger partial charge in [0.1, 0.15) is 5.56 Å². The van der Waals surface area contributed by atoms with Crippen LogP contribution in [0.15, 0.2) is 60.7 Å². The van der Waals surface area contributed by atoms with Crippen molar-refractivity contribution >= 4 is 19.1 Å². The van der Waals surface area contributed by atoms with E-state index in [1.807, 2.05) is 54.6 Å². The summed E-state index contributed by atoms with van der Waals surface area (Å²) in [4.78, 5) is 3.76. The molecule has 0 aromatic heterocycles. The molecule has 0 aliphatic carbocycles. The first-order valence-corrected chi connectivity index (χ1v) is 9.46. The van der Waals surface area contributed by atoms with Gasteiger partial charge in [0.05, 0.1) is 11.6 Å². The summed E-state index contributed by atoms with van der Waals surface area (Å²) in [6, 6.07) is 23.8. The number of benzene rings is 2. The maximum absolute atomic E-state index is 8.29. The van der Waals surface area contributed by atoms with Crippen molar-refractivity contribution in [3.05, 3.63) is 76.6 Å². The van der Waals surface area contributed by atoms with Crippen LogP contribution in [0.4, 0.5) is 0 Å². The molecule has 2 aromatic carbocycles. The van der Waals surface area contributed by atoms with Gasteiger partial charge in [-0.15, -0.1) is 0 Å². The Hall–Kier alpha value is -1.34. The van der Waals surface area contributed by atoms with Crippen LogP contribution < -0.4 is 0 Å². The van der Waals surface area contributed by atoms with E-state index in [9.17, 15) is 0 Å². The van der Waals surface area contributed by atoms with Gasteiger partial charge in [0.15, 0.2) is 0 Å². The molecule has 0 radical (unpaired) electrons. The normalized spacial score (nSPS) is 7.70. The van der Waals surface area contributed by atoms with Gasteiger partial charge in [-0.2, -0.15) is 5.26 Å². The summed E-state index contributed by atoms with van der Waals surface area (Å²) in [7, 11) is 11.3. The number of rotatable bonds is 0. The summed E-state index contributed by atoms with van der Waals surface area (Å²) in [5.41, 5.74) is 1.74. The predicted octanol–water partition coefficient (Wildman–Crippen LogP) is 4.93. The van der Waals surface area contributed by atoms with Crippen LogP contribution in [0.1, 0.15) is 11.1 Å². The molecule has 0 spiro atoms. The SMILES string of the molecule is C[N+]#Cc1ccccc1.N#Cc1ccccc1.[Cl][Pd][Cl]. The summed E-state index contributed by atoms with van der Waals surface area (Å²) in [6.45, 7) is 0. The van der Waals surface area contributed by atoms with Crippen LogP contribution >= 0.6 is 19.1 Å². The molecule has 0 N–H and O–H groups in total. The third-order valence-corrected chi connectivity index (χ3v) is 1.92. The zero-order valence-corrected chi connectivity index (χ0v) is 13.8. The van der Waals surface area contributed by atoms with E-state index >= 15 is 0 Å². The second-order valence-electron chi connectivity index (χ2n) is 3.22. The van der Waals surface area contributed by atoms with Crippen LogP contribution in [-0.4, -0.2) is 7.05 Å². The Morgan fingerprint density at radius 1 is 0.900 bits per heavy atom. The Kier molecular flexibility index (Phi) is 13.1. The zero-order chi connectivity index (χ0) is 15.1. The number of hydrogen-bond donors (Lipinski definition) is 0. The third-order valence-electron chi connectivity index (χ3n) is 1.92. The van der Waals surface area contributed by atoms with Crippen molar-refractivity contribution in [1.29, 1.82) is 5.26 Å². The van der Waals surface area contributed by atoms with Gasteiger partial charge in [-0.1, -0.05) is 41.2 Å². The van der Waals surface area contributed by atoms with Gasteiger partial charge in [-0.3, -0.25) is 0 Å². The quantitative estimate of drug-likeness (QED) is 0.578. The average Bonchev–Trinajstić information content (AvgIpc) is 2.51.